The smallest absolute Gasteiger partial charge is 0.240 e. The fourth-order valence-electron chi connectivity index (χ4n) is 1.86. The Balaban J connectivity index is 3.02. The number of rotatable bonds is 9. The van der Waals surface area contributed by atoms with Crippen LogP contribution in [0.2, 0.25) is 0 Å². The summed E-state index contributed by atoms with van der Waals surface area (Å²) in [4.78, 5) is 11.7. The van der Waals surface area contributed by atoms with Gasteiger partial charge in [-0.25, -0.2) is 13.1 Å². The van der Waals surface area contributed by atoms with Crippen LogP contribution < -0.4 is 14.8 Å². The van der Waals surface area contributed by atoms with Gasteiger partial charge in [0.25, 0.3) is 0 Å². The maximum absolute atomic E-state index is 12.3. The summed E-state index contributed by atoms with van der Waals surface area (Å²) in [5.41, 5.74) is 0.366. The molecule has 7 heteroatoms. The molecule has 0 aliphatic heterocycles. The zero-order valence-electron chi connectivity index (χ0n) is 14.2. The number of ether oxygens (including phenoxy) is 1. The van der Waals surface area contributed by atoms with E-state index in [4.69, 9.17) is 4.74 Å². The molecule has 23 heavy (non-hydrogen) atoms. The highest BCUT2D eigenvalue weighted by Crippen LogP contribution is 2.28. The number of carbonyl (C=O) groups excluding carboxylic acids is 1. The lowest BCUT2D eigenvalue weighted by atomic mass is 10.1. The Hall–Kier alpha value is -1.60. The number of hydrogen-bond donors (Lipinski definition) is 2. The molecule has 0 aliphatic carbocycles. The molecule has 0 saturated heterocycles. The predicted octanol–water partition coefficient (Wildman–Crippen LogP) is 2.76. The Kier molecular flexibility index (Phi) is 7.51. The van der Waals surface area contributed by atoms with Gasteiger partial charge in [0.2, 0.25) is 15.9 Å². The summed E-state index contributed by atoms with van der Waals surface area (Å²) >= 11 is 0. The van der Waals surface area contributed by atoms with Gasteiger partial charge in [0, 0.05) is 13.0 Å². The van der Waals surface area contributed by atoms with Crippen molar-refractivity contribution in [3.05, 3.63) is 18.2 Å². The minimum atomic E-state index is -3.61. The second-order valence-corrected chi connectivity index (χ2v) is 7.34. The van der Waals surface area contributed by atoms with Gasteiger partial charge in [0.1, 0.15) is 5.75 Å². The van der Waals surface area contributed by atoms with Gasteiger partial charge in [-0.15, -0.1) is 0 Å². The van der Waals surface area contributed by atoms with Gasteiger partial charge < -0.3 is 10.1 Å². The molecule has 0 fully saturated rings. The van der Waals surface area contributed by atoms with Crippen molar-refractivity contribution in [2.24, 2.45) is 5.92 Å². The summed E-state index contributed by atoms with van der Waals surface area (Å²) in [6, 6.07) is 4.46. The monoisotopic (exact) mass is 342 g/mol. The van der Waals surface area contributed by atoms with Crippen LogP contribution in [0.15, 0.2) is 23.1 Å². The van der Waals surface area contributed by atoms with E-state index in [1.165, 1.54) is 12.1 Å². The number of carbonyl (C=O) groups is 1. The minimum absolute atomic E-state index is 0.108. The molecule has 0 unspecified atom stereocenters. The van der Waals surface area contributed by atoms with Crippen molar-refractivity contribution in [2.75, 3.05) is 18.5 Å². The number of benzene rings is 1. The molecule has 0 aromatic heterocycles. The third-order valence-corrected chi connectivity index (χ3v) is 4.63. The Morgan fingerprint density at radius 2 is 1.96 bits per heavy atom. The van der Waals surface area contributed by atoms with Crippen molar-refractivity contribution in [3.63, 3.8) is 0 Å². The Morgan fingerprint density at radius 1 is 1.26 bits per heavy atom. The lowest BCUT2D eigenvalue weighted by Crippen LogP contribution is -2.25. The molecule has 0 spiro atoms. The molecular weight excluding hydrogens is 316 g/mol. The molecule has 0 bridgehead atoms. The maximum atomic E-state index is 12.3. The van der Waals surface area contributed by atoms with E-state index in [1.54, 1.807) is 13.0 Å². The van der Waals surface area contributed by atoms with Crippen LogP contribution in [-0.2, 0) is 14.8 Å². The fraction of sp³-hybridized carbons (Fsp3) is 0.562. The van der Waals surface area contributed by atoms with Crippen LogP contribution in [0.3, 0.4) is 0 Å². The first-order chi connectivity index (χ1) is 10.8. The molecule has 0 radical (unpaired) electrons. The summed E-state index contributed by atoms with van der Waals surface area (Å²) < 4.78 is 32.7. The first kappa shape index (κ1) is 19.4. The zero-order chi connectivity index (χ0) is 17.5. The van der Waals surface area contributed by atoms with E-state index in [2.05, 4.69) is 10.0 Å². The number of amides is 1. The maximum Gasteiger partial charge on any atom is 0.240 e. The van der Waals surface area contributed by atoms with E-state index in [9.17, 15) is 13.2 Å². The van der Waals surface area contributed by atoms with Gasteiger partial charge in [0.05, 0.1) is 17.2 Å². The van der Waals surface area contributed by atoms with E-state index in [0.29, 0.717) is 36.9 Å². The van der Waals surface area contributed by atoms with Crippen molar-refractivity contribution in [1.29, 1.82) is 0 Å². The van der Waals surface area contributed by atoms with Gasteiger partial charge in [-0.2, -0.15) is 0 Å². The van der Waals surface area contributed by atoms with Gasteiger partial charge >= 0.3 is 0 Å². The average Bonchev–Trinajstić information content (AvgIpc) is 2.48. The van der Waals surface area contributed by atoms with Crippen molar-refractivity contribution in [1.82, 2.24) is 4.72 Å². The summed E-state index contributed by atoms with van der Waals surface area (Å²) in [5, 5.41) is 2.68. The molecule has 1 aromatic rings. The molecule has 6 nitrogen and oxygen atoms in total. The fourth-order valence-corrected chi connectivity index (χ4v) is 2.93. The molecular formula is C16H26N2O4S. The average molecular weight is 342 g/mol. The second-order valence-electron chi connectivity index (χ2n) is 5.57. The van der Waals surface area contributed by atoms with Crippen molar-refractivity contribution in [3.8, 4) is 5.75 Å². The quantitative estimate of drug-likeness (QED) is 0.723. The van der Waals surface area contributed by atoms with E-state index in [1.807, 2.05) is 20.8 Å². The minimum Gasteiger partial charge on any atom is -0.492 e. The highest BCUT2D eigenvalue weighted by molar-refractivity contribution is 7.89. The second kappa shape index (κ2) is 8.88. The highest BCUT2D eigenvalue weighted by atomic mass is 32.2. The largest absolute Gasteiger partial charge is 0.492 e. The molecule has 1 amide bonds. The predicted molar refractivity (Wildman–Crippen MR) is 91.2 cm³/mol. The van der Waals surface area contributed by atoms with Gasteiger partial charge in [0.15, 0.2) is 0 Å². The van der Waals surface area contributed by atoms with E-state index in [0.717, 1.165) is 6.42 Å². The standard InChI is InChI=1S/C16H26N2O4S/c1-5-16(19)18-14-11-13(7-8-15(14)22-6-2)23(20,21)17-10-9-12(3)4/h7-8,11-12,17H,5-6,9-10H2,1-4H3,(H,18,19). The van der Waals surface area contributed by atoms with E-state index in [-0.39, 0.29) is 10.8 Å². The molecule has 0 aliphatic rings. The topological polar surface area (TPSA) is 84.5 Å². The third kappa shape index (κ3) is 6.19. The van der Waals surface area contributed by atoms with Crippen molar-refractivity contribution >= 4 is 21.6 Å². The van der Waals surface area contributed by atoms with Crippen LogP contribution in [0, 0.1) is 5.92 Å². The molecule has 0 atom stereocenters. The van der Waals surface area contributed by atoms with E-state index < -0.39 is 10.0 Å². The molecule has 0 saturated carbocycles. The van der Waals surface area contributed by atoms with Crippen LogP contribution in [0.25, 0.3) is 0 Å². The van der Waals surface area contributed by atoms with Crippen molar-refractivity contribution < 1.29 is 17.9 Å². The van der Waals surface area contributed by atoms with Crippen LogP contribution >= 0.6 is 0 Å². The first-order valence-electron chi connectivity index (χ1n) is 7.86. The summed E-state index contributed by atoms with van der Waals surface area (Å²) in [6.45, 7) is 8.41. The number of nitrogens with one attached hydrogen (secondary N) is 2. The number of sulfonamides is 1. The molecule has 0 heterocycles. The normalized spacial score (nSPS) is 11.5. The molecule has 1 rings (SSSR count). The summed E-state index contributed by atoms with van der Waals surface area (Å²) in [6.07, 6.45) is 1.06. The highest BCUT2D eigenvalue weighted by Gasteiger charge is 2.17. The Labute approximate surface area is 138 Å². The van der Waals surface area contributed by atoms with Gasteiger partial charge in [-0.1, -0.05) is 20.8 Å². The van der Waals surface area contributed by atoms with Gasteiger partial charge in [-0.3, -0.25) is 4.79 Å². The van der Waals surface area contributed by atoms with Crippen LogP contribution in [0.1, 0.15) is 40.5 Å². The lowest BCUT2D eigenvalue weighted by molar-refractivity contribution is -0.115. The SMILES string of the molecule is CCOc1ccc(S(=O)(=O)NCCC(C)C)cc1NC(=O)CC. The third-order valence-electron chi connectivity index (χ3n) is 3.17. The summed E-state index contributed by atoms with van der Waals surface area (Å²) in [5.74, 6) is 0.668. The molecule has 130 valence electrons. The van der Waals surface area contributed by atoms with Crippen LogP contribution in [-0.4, -0.2) is 27.5 Å². The number of hydrogen-bond acceptors (Lipinski definition) is 4. The van der Waals surface area contributed by atoms with Crippen molar-refractivity contribution in [2.45, 2.75) is 45.4 Å². The first-order valence-corrected chi connectivity index (χ1v) is 9.34. The summed E-state index contributed by atoms with van der Waals surface area (Å²) in [7, 11) is -3.61. The Bertz CT molecular complexity index is 627. The lowest BCUT2D eigenvalue weighted by Gasteiger charge is -2.14. The Morgan fingerprint density at radius 3 is 2.52 bits per heavy atom. The van der Waals surface area contributed by atoms with Crippen LogP contribution in [0.5, 0.6) is 5.75 Å². The van der Waals surface area contributed by atoms with Gasteiger partial charge in [-0.05, 0) is 37.5 Å². The van der Waals surface area contributed by atoms with Crippen LogP contribution in [0.4, 0.5) is 5.69 Å². The van der Waals surface area contributed by atoms with E-state index >= 15 is 0 Å². The molecule has 2 N–H and O–H groups in total. The zero-order valence-corrected chi connectivity index (χ0v) is 15.0. The molecule has 1 aromatic carbocycles. The number of anilines is 1.